The molecule has 2 saturated heterocycles. The lowest BCUT2D eigenvalue weighted by Crippen LogP contribution is -2.50. The second kappa shape index (κ2) is 7.05. The topological polar surface area (TPSA) is 41.6 Å². The van der Waals surface area contributed by atoms with Crippen LogP contribution in [-0.4, -0.2) is 49.2 Å². The van der Waals surface area contributed by atoms with Crippen LogP contribution in [0, 0.1) is 0 Å². The largest absolute Gasteiger partial charge is 0.366 e. The fraction of sp³-hybridized carbons (Fsp3) is 0.588. The number of carbonyl (C=O) groups excluding carboxylic acids is 1. The average Bonchev–Trinajstić information content (AvgIpc) is 3.02. The van der Waals surface area contributed by atoms with Crippen molar-refractivity contribution in [3.05, 3.63) is 35.9 Å². The molecular formula is C17H24N2O2. The smallest absolute Gasteiger partial charge is 0.253 e. The summed E-state index contributed by atoms with van der Waals surface area (Å²) in [5, 5.41) is 3.24. The zero-order valence-electron chi connectivity index (χ0n) is 12.5. The van der Waals surface area contributed by atoms with Crippen molar-refractivity contribution in [1.29, 1.82) is 0 Å². The number of morpholine rings is 1. The van der Waals surface area contributed by atoms with E-state index in [0.717, 1.165) is 38.8 Å². The Morgan fingerprint density at radius 2 is 2.19 bits per heavy atom. The van der Waals surface area contributed by atoms with Gasteiger partial charge in [-0.1, -0.05) is 30.3 Å². The molecule has 2 fully saturated rings. The molecule has 1 aromatic carbocycles. The minimum atomic E-state index is -0.281. The summed E-state index contributed by atoms with van der Waals surface area (Å²) in [5.74, 6) is 0.178. The lowest BCUT2D eigenvalue weighted by molar-refractivity contribution is -0.146. The minimum Gasteiger partial charge on any atom is -0.366 e. The maximum absolute atomic E-state index is 12.6. The van der Waals surface area contributed by atoms with Gasteiger partial charge in [0.2, 0.25) is 0 Å². The number of benzene rings is 1. The van der Waals surface area contributed by atoms with E-state index >= 15 is 0 Å². The van der Waals surface area contributed by atoms with Crippen molar-refractivity contribution >= 4 is 5.91 Å². The Balaban J connectivity index is 1.56. The highest BCUT2D eigenvalue weighted by atomic mass is 16.5. The molecule has 2 heterocycles. The molecular weight excluding hydrogens is 264 g/mol. The summed E-state index contributed by atoms with van der Waals surface area (Å²) in [6, 6.07) is 10.9. The van der Waals surface area contributed by atoms with Gasteiger partial charge in [-0.3, -0.25) is 4.79 Å². The van der Waals surface area contributed by atoms with E-state index < -0.39 is 0 Å². The van der Waals surface area contributed by atoms with Crippen molar-refractivity contribution in [2.24, 2.45) is 0 Å². The van der Waals surface area contributed by atoms with Gasteiger partial charge in [-0.05, 0) is 31.2 Å². The summed E-state index contributed by atoms with van der Waals surface area (Å²) in [5.41, 5.74) is 1.35. The van der Waals surface area contributed by atoms with Crippen molar-refractivity contribution in [3.8, 4) is 0 Å². The van der Waals surface area contributed by atoms with Gasteiger partial charge in [0, 0.05) is 25.7 Å². The molecule has 0 bridgehead atoms. The van der Waals surface area contributed by atoms with E-state index in [0.29, 0.717) is 19.2 Å². The number of nitrogens with one attached hydrogen (secondary N) is 1. The fourth-order valence-electron chi connectivity index (χ4n) is 3.31. The Morgan fingerprint density at radius 3 is 2.95 bits per heavy atom. The van der Waals surface area contributed by atoms with Crippen LogP contribution in [0.25, 0.3) is 0 Å². The molecule has 21 heavy (non-hydrogen) atoms. The number of rotatable bonds is 4. The Labute approximate surface area is 126 Å². The molecule has 1 aromatic rings. The molecule has 2 aliphatic heterocycles. The number of aryl methyl sites for hydroxylation is 1. The normalized spacial score (nSPS) is 26.0. The zero-order valence-corrected chi connectivity index (χ0v) is 12.5. The van der Waals surface area contributed by atoms with E-state index in [1.165, 1.54) is 5.56 Å². The third kappa shape index (κ3) is 3.63. The van der Waals surface area contributed by atoms with Crippen LogP contribution < -0.4 is 5.32 Å². The van der Waals surface area contributed by atoms with E-state index in [2.05, 4.69) is 34.5 Å². The van der Waals surface area contributed by atoms with Gasteiger partial charge in [0.05, 0.1) is 6.61 Å². The SMILES string of the molecule is O=C(C1CNCCO1)N1CCCC1CCc1ccccc1. The van der Waals surface area contributed by atoms with Crippen molar-refractivity contribution in [3.63, 3.8) is 0 Å². The third-order valence-corrected chi connectivity index (χ3v) is 4.47. The Morgan fingerprint density at radius 1 is 1.33 bits per heavy atom. The predicted molar refractivity (Wildman–Crippen MR) is 82.1 cm³/mol. The summed E-state index contributed by atoms with van der Waals surface area (Å²) in [6.45, 7) is 3.03. The molecule has 114 valence electrons. The van der Waals surface area contributed by atoms with Crippen molar-refractivity contribution in [2.75, 3.05) is 26.2 Å². The molecule has 0 saturated carbocycles. The van der Waals surface area contributed by atoms with E-state index in [4.69, 9.17) is 4.74 Å². The Hall–Kier alpha value is -1.39. The molecule has 1 N–H and O–H groups in total. The fourth-order valence-corrected chi connectivity index (χ4v) is 3.31. The van der Waals surface area contributed by atoms with Gasteiger partial charge in [-0.2, -0.15) is 0 Å². The summed E-state index contributed by atoms with van der Waals surface area (Å²) in [6.07, 6.45) is 4.05. The Bertz CT molecular complexity index is 457. The van der Waals surface area contributed by atoms with Gasteiger partial charge >= 0.3 is 0 Å². The second-order valence-corrected chi connectivity index (χ2v) is 5.92. The highest BCUT2D eigenvalue weighted by molar-refractivity contribution is 5.82. The van der Waals surface area contributed by atoms with Crippen molar-refractivity contribution in [1.82, 2.24) is 10.2 Å². The number of carbonyl (C=O) groups is 1. The van der Waals surface area contributed by atoms with Gasteiger partial charge in [0.25, 0.3) is 5.91 Å². The van der Waals surface area contributed by atoms with Crippen molar-refractivity contribution < 1.29 is 9.53 Å². The van der Waals surface area contributed by atoms with Crippen LogP contribution in [-0.2, 0) is 16.0 Å². The van der Waals surface area contributed by atoms with Crippen LogP contribution in [0.1, 0.15) is 24.8 Å². The molecule has 4 nitrogen and oxygen atoms in total. The quantitative estimate of drug-likeness (QED) is 0.915. The van der Waals surface area contributed by atoms with Gasteiger partial charge in [-0.25, -0.2) is 0 Å². The van der Waals surface area contributed by atoms with Crippen LogP contribution in [0.4, 0.5) is 0 Å². The number of ether oxygens (including phenoxy) is 1. The Kier molecular flexibility index (Phi) is 4.88. The molecule has 0 radical (unpaired) electrons. The summed E-state index contributed by atoms with van der Waals surface area (Å²) >= 11 is 0. The number of likely N-dealkylation sites (tertiary alicyclic amines) is 1. The van der Waals surface area contributed by atoms with Gasteiger partial charge in [-0.15, -0.1) is 0 Å². The maximum atomic E-state index is 12.6. The van der Waals surface area contributed by atoms with Crippen LogP contribution in [0.3, 0.4) is 0 Å². The summed E-state index contributed by atoms with van der Waals surface area (Å²) in [7, 11) is 0. The number of amides is 1. The maximum Gasteiger partial charge on any atom is 0.253 e. The van der Waals surface area contributed by atoms with E-state index in [1.54, 1.807) is 0 Å². The van der Waals surface area contributed by atoms with Crippen LogP contribution >= 0.6 is 0 Å². The van der Waals surface area contributed by atoms with E-state index in [9.17, 15) is 4.79 Å². The summed E-state index contributed by atoms with van der Waals surface area (Å²) < 4.78 is 5.61. The molecule has 0 aliphatic carbocycles. The van der Waals surface area contributed by atoms with Crippen LogP contribution in [0.2, 0.25) is 0 Å². The van der Waals surface area contributed by atoms with Crippen molar-refractivity contribution in [2.45, 2.75) is 37.8 Å². The summed E-state index contributed by atoms with van der Waals surface area (Å²) in [4.78, 5) is 14.6. The lowest BCUT2D eigenvalue weighted by atomic mass is 10.0. The van der Waals surface area contributed by atoms with E-state index in [-0.39, 0.29) is 12.0 Å². The van der Waals surface area contributed by atoms with E-state index in [1.807, 2.05) is 6.07 Å². The monoisotopic (exact) mass is 288 g/mol. The number of hydrogen-bond acceptors (Lipinski definition) is 3. The standard InChI is InChI=1S/C17H24N2O2/c20-17(16-13-18-10-12-21-16)19-11-4-7-15(19)9-8-14-5-2-1-3-6-14/h1-3,5-6,15-16,18H,4,7-13H2. The average molecular weight is 288 g/mol. The molecule has 0 spiro atoms. The van der Waals surface area contributed by atoms with Crippen LogP contribution in [0.5, 0.6) is 0 Å². The molecule has 2 atom stereocenters. The zero-order chi connectivity index (χ0) is 14.5. The minimum absolute atomic E-state index is 0.178. The molecule has 2 aliphatic rings. The first-order valence-electron chi connectivity index (χ1n) is 8.01. The molecule has 3 rings (SSSR count). The molecule has 0 aromatic heterocycles. The highest BCUT2D eigenvalue weighted by Crippen LogP contribution is 2.23. The van der Waals surface area contributed by atoms with Gasteiger partial charge in [0.15, 0.2) is 0 Å². The first kappa shape index (κ1) is 14.5. The highest BCUT2D eigenvalue weighted by Gasteiger charge is 2.33. The molecule has 1 amide bonds. The first-order valence-corrected chi connectivity index (χ1v) is 8.01. The van der Waals surface area contributed by atoms with Gasteiger partial charge in [0.1, 0.15) is 6.10 Å². The second-order valence-electron chi connectivity index (χ2n) is 5.92. The number of nitrogens with zero attached hydrogens (tertiary/aromatic N) is 1. The van der Waals surface area contributed by atoms with Gasteiger partial charge < -0.3 is 15.0 Å². The third-order valence-electron chi connectivity index (χ3n) is 4.47. The first-order chi connectivity index (χ1) is 10.3. The molecule has 2 unspecified atom stereocenters. The molecule has 4 heteroatoms. The number of hydrogen-bond donors (Lipinski definition) is 1. The van der Waals surface area contributed by atoms with Crippen LogP contribution in [0.15, 0.2) is 30.3 Å². The lowest BCUT2D eigenvalue weighted by Gasteiger charge is -2.31. The predicted octanol–water partition coefficient (Wildman–Crippen LogP) is 1.60.